The first-order valence-corrected chi connectivity index (χ1v) is 7.62. The summed E-state index contributed by atoms with van der Waals surface area (Å²) >= 11 is 0. The Morgan fingerprint density at radius 3 is 2.56 bits per heavy atom. The molecule has 3 nitrogen and oxygen atoms in total. The molecule has 2 heterocycles. The molecule has 0 saturated carbocycles. The third-order valence-electron chi connectivity index (χ3n) is 4.51. The van der Waals surface area contributed by atoms with E-state index in [0.717, 1.165) is 6.54 Å². The molecule has 0 atom stereocenters. The van der Waals surface area contributed by atoms with Crippen LogP contribution in [0.2, 0.25) is 0 Å². The van der Waals surface area contributed by atoms with Gasteiger partial charge in [-0.1, -0.05) is 6.42 Å². The molecular weight excluding hydrogens is 222 g/mol. The Kier molecular flexibility index (Phi) is 3.69. The zero-order valence-electron chi connectivity index (χ0n) is 11.6. The number of aryl methyl sites for hydroxylation is 2. The fourth-order valence-corrected chi connectivity index (χ4v) is 3.46. The van der Waals surface area contributed by atoms with Gasteiger partial charge >= 0.3 is 0 Å². The molecule has 0 bridgehead atoms. The number of rotatable bonds is 3. The zero-order chi connectivity index (χ0) is 12.4. The highest BCUT2D eigenvalue weighted by Crippen LogP contribution is 2.22. The first kappa shape index (κ1) is 12.2. The molecule has 0 aromatic carbocycles. The minimum Gasteiger partial charge on any atom is -0.331 e. The van der Waals surface area contributed by atoms with Crippen LogP contribution in [0.5, 0.6) is 0 Å². The fourth-order valence-electron chi connectivity index (χ4n) is 3.46. The highest BCUT2D eigenvalue weighted by Gasteiger charge is 2.18. The van der Waals surface area contributed by atoms with E-state index in [0.29, 0.717) is 0 Å². The van der Waals surface area contributed by atoms with Crippen LogP contribution in [0.15, 0.2) is 0 Å². The Labute approximate surface area is 110 Å². The summed E-state index contributed by atoms with van der Waals surface area (Å²) in [6.07, 6.45) is 9.33. The Balaban J connectivity index is 1.66. The lowest BCUT2D eigenvalue weighted by atomic mass is 10.0. The summed E-state index contributed by atoms with van der Waals surface area (Å²) < 4.78 is 2.49. The summed E-state index contributed by atoms with van der Waals surface area (Å²) in [5, 5.41) is 0. The van der Waals surface area contributed by atoms with Crippen molar-refractivity contribution in [3.63, 3.8) is 0 Å². The second-order valence-corrected chi connectivity index (χ2v) is 5.81. The van der Waals surface area contributed by atoms with E-state index in [1.54, 1.807) is 0 Å². The molecule has 0 radical (unpaired) electrons. The minimum atomic E-state index is 1.15. The second-order valence-electron chi connectivity index (χ2n) is 5.81. The molecule has 1 saturated heterocycles. The monoisotopic (exact) mass is 247 g/mol. The predicted octanol–water partition coefficient (Wildman–Crippen LogP) is 2.56. The maximum Gasteiger partial charge on any atom is 0.106 e. The smallest absolute Gasteiger partial charge is 0.106 e. The van der Waals surface area contributed by atoms with E-state index in [2.05, 4.69) is 16.4 Å². The van der Waals surface area contributed by atoms with Gasteiger partial charge in [-0.2, -0.15) is 0 Å². The zero-order valence-corrected chi connectivity index (χ0v) is 11.6. The van der Waals surface area contributed by atoms with Crippen LogP contribution in [0.1, 0.15) is 49.3 Å². The number of imidazole rings is 1. The van der Waals surface area contributed by atoms with Gasteiger partial charge in [-0.05, 0) is 58.5 Å². The normalized spacial score (nSPS) is 20.9. The quantitative estimate of drug-likeness (QED) is 0.818. The van der Waals surface area contributed by atoms with Crippen molar-refractivity contribution in [2.75, 3.05) is 19.6 Å². The van der Waals surface area contributed by atoms with Crippen molar-refractivity contribution in [1.29, 1.82) is 0 Å². The van der Waals surface area contributed by atoms with E-state index in [-0.39, 0.29) is 0 Å². The topological polar surface area (TPSA) is 21.1 Å². The van der Waals surface area contributed by atoms with E-state index in [9.17, 15) is 0 Å². The summed E-state index contributed by atoms with van der Waals surface area (Å²) in [5.41, 5.74) is 2.92. The van der Waals surface area contributed by atoms with E-state index >= 15 is 0 Å². The molecule has 1 aliphatic carbocycles. The van der Waals surface area contributed by atoms with Gasteiger partial charge in [0, 0.05) is 18.8 Å². The second kappa shape index (κ2) is 5.43. The van der Waals surface area contributed by atoms with Crippen molar-refractivity contribution < 1.29 is 0 Å². The third-order valence-corrected chi connectivity index (χ3v) is 4.51. The molecule has 18 heavy (non-hydrogen) atoms. The Morgan fingerprint density at radius 1 is 0.944 bits per heavy atom. The molecule has 0 spiro atoms. The van der Waals surface area contributed by atoms with Crippen LogP contribution in [-0.4, -0.2) is 34.1 Å². The lowest BCUT2D eigenvalue weighted by Gasteiger charge is -2.27. The van der Waals surface area contributed by atoms with Gasteiger partial charge < -0.3 is 9.47 Å². The molecule has 1 aliphatic heterocycles. The first-order chi connectivity index (χ1) is 8.84. The van der Waals surface area contributed by atoms with E-state index < -0.39 is 0 Å². The van der Waals surface area contributed by atoms with Gasteiger partial charge in [0.2, 0.25) is 0 Å². The third kappa shape index (κ3) is 2.46. The molecular formula is C15H25N3. The molecule has 0 unspecified atom stereocenters. The lowest BCUT2D eigenvalue weighted by molar-refractivity contribution is 0.219. The van der Waals surface area contributed by atoms with Crippen molar-refractivity contribution in [2.45, 2.75) is 58.4 Å². The van der Waals surface area contributed by atoms with E-state index in [4.69, 9.17) is 4.98 Å². The number of fused-ring (bicyclic) bond motifs is 1. The number of hydrogen-bond donors (Lipinski definition) is 0. The van der Waals surface area contributed by atoms with E-state index in [1.165, 1.54) is 81.8 Å². The van der Waals surface area contributed by atoms with Gasteiger partial charge in [0.05, 0.1) is 5.69 Å². The lowest BCUT2D eigenvalue weighted by Crippen LogP contribution is -2.33. The van der Waals surface area contributed by atoms with Gasteiger partial charge in [0.25, 0.3) is 0 Å². The van der Waals surface area contributed by atoms with E-state index in [1.807, 2.05) is 0 Å². The molecule has 2 aliphatic rings. The number of piperidine rings is 1. The summed E-state index contributed by atoms with van der Waals surface area (Å²) in [6, 6.07) is 0. The van der Waals surface area contributed by atoms with Gasteiger partial charge in [-0.25, -0.2) is 4.98 Å². The molecule has 1 fully saturated rings. The first-order valence-electron chi connectivity index (χ1n) is 7.62. The molecule has 0 N–H and O–H groups in total. The Hall–Kier alpha value is -0.830. The van der Waals surface area contributed by atoms with Crippen LogP contribution < -0.4 is 0 Å². The average molecular weight is 247 g/mol. The maximum atomic E-state index is 4.76. The van der Waals surface area contributed by atoms with Crippen molar-refractivity contribution in [3.8, 4) is 0 Å². The van der Waals surface area contributed by atoms with Gasteiger partial charge in [0.15, 0.2) is 0 Å². The summed E-state index contributed by atoms with van der Waals surface area (Å²) in [4.78, 5) is 7.38. The van der Waals surface area contributed by atoms with Crippen molar-refractivity contribution in [1.82, 2.24) is 14.5 Å². The standard InChI is InChI=1S/C15H25N3/c1-13-16-14-7-3-4-8-15(14)18(13)12-11-17-9-5-2-6-10-17/h2-12H2,1H3. The highest BCUT2D eigenvalue weighted by atomic mass is 15.2. The largest absolute Gasteiger partial charge is 0.331 e. The molecule has 1 aromatic heterocycles. The molecule has 100 valence electrons. The minimum absolute atomic E-state index is 1.15. The van der Waals surface area contributed by atoms with Crippen LogP contribution in [0, 0.1) is 6.92 Å². The van der Waals surface area contributed by atoms with Gasteiger partial charge in [-0.15, -0.1) is 0 Å². The molecule has 1 aromatic rings. The van der Waals surface area contributed by atoms with Gasteiger partial charge in [0.1, 0.15) is 5.82 Å². The van der Waals surface area contributed by atoms with Crippen LogP contribution in [-0.2, 0) is 19.4 Å². The van der Waals surface area contributed by atoms with Crippen LogP contribution in [0.4, 0.5) is 0 Å². The molecule has 3 rings (SSSR count). The number of nitrogens with zero attached hydrogens (tertiary/aromatic N) is 3. The van der Waals surface area contributed by atoms with Crippen LogP contribution in [0.3, 0.4) is 0 Å². The average Bonchev–Trinajstić information content (AvgIpc) is 2.73. The number of likely N-dealkylation sites (tertiary alicyclic amines) is 1. The molecule has 0 amide bonds. The Morgan fingerprint density at radius 2 is 1.72 bits per heavy atom. The van der Waals surface area contributed by atoms with Crippen LogP contribution in [0.25, 0.3) is 0 Å². The van der Waals surface area contributed by atoms with Crippen molar-refractivity contribution >= 4 is 0 Å². The highest BCUT2D eigenvalue weighted by molar-refractivity contribution is 5.19. The van der Waals surface area contributed by atoms with Crippen LogP contribution >= 0.6 is 0 Å². The van der Waals surface area contributed by atoms with Crippen molar-refractivity contribution in [2.24, 2.45) is 0 Å². The van der Waals surface area contributed by atoms with Crippen molar-refractivity contribution in [3.05, 3.63) is 17.2 Å². The Bertz CT molecular complexity index is 402. The fraction of sp³-hybridized carbons (Fsp3) is 0.800. The summed E-state index contributed by atoms with van der Waals surface area (Å²) in [6.45, 7) is 7.14. The van der Waals surface area contributed by atoms with Gasteiger partial charge in [-0.3, -0.25) is 0 Å². The summed E-state index contributed by atoms with van der Waals surface area (Å²) in [5.74, 6) is 1.24. The predicted molar refractivity (Wildman–Crippen MR) is 73.9 cm³/mol. The maximum absolute atomic E-state index is 4.76. The number of hydrogen-bond acceptors (Lipinski definition) is 2. The molecule has 3 heteroatoms. The number of aromatic nitrogens is 2. The summed E-state index contributed by atoms with van der Waals surface area (Å²) in [7, 11) is 0. The SMILES string of the molecule is Cc1nc2c(n1CCN1CCCCC1)CCCC2.